The van der Waals surface area contributed by atoms with Gasteiger partial charge in [0.1, 0.15) is 0 Å². The third-order valence-corrected chi connectivity index (χ3v) is 3.87. The Kier molecular flexibility index (Phi) is 2.74. The number of carbonyl (C=O) groups is 1. The number of nitrogens with zero attached hydrogens (tertiary/aromatic N) is 4. The molecule has 0 aromatic carbocycles. The van der Waals surface area contributed by atoms with Crippen LogP contribution in [-0.4, -0.2) is 30.9 Å². The minimum Gasteiger partial charge on any atom is -0.465 e. The number of rotatable bonds is 1. The van der Waals surface area contributed by atoms with E-state index in [4.69, 9.17) is 0 Å². The number of pyridine rings is 1. The smallest absolute Gasteiger partial charge is 0.407 e. The fourth-order valence-electron chi connectivity index (χ4n) is 2.65. The summed E-state index contributed by atoms with van der Waals surface area (Å²) in [5.41, 5.74) is 5.88. The maximum Gasteiger partial charge on any atom is 0.407 e. The molecule has 0 atom stereocenters. The van der Waals surface area contributed by atoms with Gasteiger partial charge in [-0.2, -0.15) is 5.10 Å². The monoisotopic (exact) mass is 272 g/mol. The van der Waals surface area contributed by atoms with E-state index >= 15 is 0 Å². The van der Waals surface area contributed by atoms with Gasteiger partial charge in [0.15, 0.2) is 0 Å². The van der Waals surface area contributed by atoms with Crippen molar-refractivity contribution in [3.63, 3.8) is 0 Å². The number of carboxylic acid groups (broad SMARTS) is 1. The molecule has 0 aliphatic carbocycles. The molecule has 0 unspecified atom stereocenters. The molecule has 1 N–H and O–H groups in total. The second kappa shape index (κ2) is 4.33. The van der Waals surface area contributed by atoms with Crippen molar-refractivity contribution in [2.45, 2.75) is 26.9 Å². The van der Waals surface area contributed by atoms with E-state index in [0.29, 0.717) is 13.1 Å². The Balaban J connectivity index is 2.17. The zero-order valence-electron chi connectivity index (χ0n) is 11.7. The van der Waals surface area contributed by atoms with E-state index in [1.165, 1.54) is 4.90 Å². The first-order valence-corrected chi connectivity index (χ1v) is 6.43. The molecule has 3 rings (SSSR count). The molecule has 0 saturated carbocycles. The van der Waals surface area contributed by atoms with E-state index in [-0.39, 0.29) is 0 Å². The standard InChI is InChI=1S/C14H16N4O2/c1-8-9(2)16-13(10-4-15-17(3)5-10)12-7-18(14(19)20)6-11(8)12/h4-5H,6-7H2,1-3H3,(H,19,20). The van der Waals surface area contributed by atoms with Crippen molar-refractivity contribution in [1.82, 2.24) is 19.7 Å². The molecule has 104 valence electrons. The van der Waals surface area contributed by atoms with Crippen molar-refractivity contribution >= 4 is 6.09 Å². The van der Waals surface area contributed by atoms with Crippen LogP contribution in [0.4, 0.5) is 4.79 Å². The number of aromatic nitrogens is 3. The van der Waals surface area contributed by atoms with Crippen LogP contribution in [0.2, 0.25) is 0 Å². The van der Waals surface area contributed by atoms with Gasteiger partial charge in [-0.1, -0.05) is 0 Å². The van der Waals surface area contributed by atoms with Crippen LogP contribution in [0.15, 0.2) is 12.4 Å². The first kappa shape index (κ1) is 12.7. The van der Waals surface area contributed by atoms with Gasteiger partial charge in [-0.3, -0.25) is 14.6 Å². The number of amides is 1. The van der Waals surface area contributed by atoms with Crippen molar-refractivity contribution in [2.75, 3.05) is 0 Å². The van der Waals surface area contributed by atoms with E-state index in [2.05, 4.69) is 10.1 Å². The summed E-state index contributed by atoms with van der Waals surface area (Å²) in [5.74, 6) is 0. The minimum atomic E-state index is -0.893. The highest BCUT2D eigenvalue weighted by Crippen LogP contribution is 2.34. The summed E-state index contributed by atoms with van der Waals surface area (Å²) in [6.45, 7) is 4.79. The molecule has 6 heteroatoms. The molecule has 1 aliphatic heterocycles. The third kappa shape index (κ3) is 1.84. The van der Waals surface area contributed by atoms with Crippen LogP contribution >= 0.6 is 0 Å². The fourth-order valence-corrected chi connectivity index (χ4v) is 2.65. The van der Waals surface area contributed by atoms with E-state index in [1.807, 2.05) is 27.1 Å². The van der Waals surface area contributed by atoms with E-state index in [1.54, 1.807) is 10.9 Å². The van der Waals surface area contributed by atoms with E-state index in [0.717, 1.165) is 33.6 Å². The minimum absolute atomic E-state index is 0.392. The van der Waals surface area contributed by atoms with Gasteiger partial charge >= 0.3 is 6.09 Å². The van der Waals surface area contributed by atoms with E-state index in [9.17, 15) is 9.90 Å². The molecule has 0 saturated heterocycles. The van der Waals surface area contributed by atoms with Crippen LogP contribution in [0.5, 0.6) is 0 Å². The lowest BCUT2D eigenvalue weighted by molar-refractivity contribution is 0.145. The van der Waals surface area contributed by atoms with Crippen LogP contribution in [0.3, 0.4) is 0 Å². The molecular weight excluding hydrogens is 256 g/mol. The Morgan fingerprint density at radius 1 is 1.30 bits per heavy atom. The highest BCUT2D eigenvalue weighted by Gasteiger charge is 2.29. The maximum absolute atomic E-state index is 11.2. The lowest BCUT2D eigenvalue weighted by Gasteiger charge is -2.10. The Hall–Kier alpha value is -2.37. The average Bonchev–Trinajstić information content (AvgIpc) is 3.00. The van der Waals surface area contributed by atoms with Crippen molar-refractivity contribution in [1.29, 1.82) is 0 Å². The zero-order chi connectivity index (χ0) is 14.4. The normalized spacial score (nSPS) is 13.7. The average molecular weight is 272 g/mol. The van der Waals surface area contributed by atoms with Crippen LogP contribution in [0, 0.1) is 13.8 Å². The van der Waals surface area contributed by atoms with Crippen LogP contribution < -0.4 is 0 Å². The van der Waals surface area contributed by atoms with Crippen molar-refractivity contribution in [3.8, 4) is 11.3 Å². The van der Waals surface area contributed by atoms with Crippen molar-refractivity contribution in [2.24, 2.45) is 7.05 Å². The Bertz CT molecular complexity index is 705. The SMILES string of the molecule is Cc1nc(-c2cnn(C)c2)c2c(c1C)CN(C(=O)O)C2. The van der Waals surface area contributed by atoms with E-state index < -0.39 is 6.09 Å². The molecule has 1 aliphatic rings. The Labute approximate surface area is 116 Å². The van der Waals surface area contributed by atoms with Crippen LogP contribution in [0.1, 0.15) is 22.4 Å². The lowest BCUT2D eigenvalue weighted by atomic mass is 10.00. The van der Waals surface area contributed by atoms with Gasteiger partial charge in [-0.25, -0.2) is 4.79 Å². The number of aryl methyl sites for hydroxylation is 2. The first-order valence-electron chi connectivity index (χ1n) is 6.43. The fraction of sp³-hybridized carbons (Fsp3) is 0.357. The molecular formula is C14H16N4O2. The predicted molar refractivity (Wildman–Crippen MR) is 73.2 cm³/mol. The number of fused-ring (bicyclic) bond motifs is 1. The lowest BCUT2D eigenvalue weighted by Crippen LogP contribution is -2.22. The molecule has 0 fully saturated rings. The maximum atomic E-state index is 11.2. The zero-order valence-corrected chi connectivity index (χ0v) is 11.7. The van der Waals surface area contributed by atoms with Gasteiger partial charge in [0.05, 0.1) is 25.0 Å². The summed E-state index contributed by atoms with van der Waals surface area (Å²) >= 11 is 0. The quantitative estimate of drug-likeness (QED) is 0.863. The molecule has 2 aromatic rings. The van der Waals surface area contributed by atoms with Gasteiger partial charge in [-0.15, -0.1) is 0 Å². The highest BCUT2D eigenvalue weighted by molar-refractivity contribution is 5.71. The third-order valence-electron chi connectivity index (χ3n) is 3.87. The predicted octanol–water partition coefficient (Wildman–Crippen LogP) is 2.09. The van der Waals surface area contributed by atoms with Crippen molar-refractivity contribution < 1.29 is 9.90 Å². The molecule has 20 heavy (non-hydrogen) atoms. The second-order valence-electron chi connectivity index (χ2n) is 5.17. The molecule has 2 aromatic heterocycles. The Morgan fingerprint density at radius 2 is 2.00 bits per heavy atom. The number of hydrogen-bond donors (Lipinski definition) is 1. The summed E-state index contributed by atoms with van der Waals surface area (Å²) in [5, 5.41) is 13.4. The van der Waals surface area contributed by atoms with Gasteiger partial charge in [0, 0.05) is 30.1 Å². The summed E-state index contributed by atoms with van der Waals surface area (Å²) in [6.07, 6.45) is 2.78. The summed E-state index contributed by atoms with van der Waals surface area (Å²) in [7, 11) is 1.86. The molecule has 0 spiro atoms. The first-order chi connectivity index (χ1) is 9.47. The van der Waals surface area contributed by atoms with Crippen molar-refractivity contribution in [3.05, 3.63) is 34.8 Å². The summed E-state index contributed by atoms with van der Waals surface area (Å²) < 4.78 is 1.72. The summed E-state index contributed by atoms with van der Waals surface area (Å²) in [6, 6.07) is 0. The van der Waals surface area contributed by atoms with Gasteiger partial charge in [-0.05, 0) is 25.0 Å². The Morgan fingerprint density at radius 3 is 2.60 bits per heavy atom. The molecule has 0 radical (unpaired) electrons. The van der Waals surface area contributed by atoms with Gasteiger partial charge in [0.2, 0.25) is 0 Å². The van der Waals surface area contributed by atoms with Crippen LogP contribution in [0.25, 0.3) is 11.3 Å². The number of hydrogen-bond acceptors (Lipinski definition) is 3. The van der Waals surface area contributed by atoms with Crippen LogP contribution in [-0.2, 0) is 20.1 Å². The molecule has 3 heterocycles. The second-order valence-corrected chi connectivity index (χ2v) is 5.17. The largest absolute Gasteiger partial charge is 0.465 e. The molecule has 0 bridgehead atoms. The molecule has 1 amide bonds. The van der Waals surface area contributed by atoms with Gasteiger partial charge in [0.25, 0.3) is 0 Å². The summed E-state index contributed by atoms with van der Waals surface area (Å²) in [4.78, 5) is 17.3. The molecule has 6 nitrogen and oxygen atoms in total. The topological polar surface area (TPSA) is 71.2 Å². The highest BCUT2D eigenvalue weighted by atomic mass is 16.4. The van der Waals surface area contributed by atoms with Gasteiger partial charge < -0.3 is 5.11 Å².